The van der Waals surface area contributed by atoms with Crippen molar-refractivity contribution in [3.05, 3.63) is 59.6 Å². The van der Waals surface area contributed by atoms with Gasteiger partial charge in [-0.3, -0.25) is 4.79 Å². The third kappa shape index (κ3) is 4.48. The molecule has 1 fully saturated rings. The maximum absolute atomic E-state index is 12.8. The average molecular weight is 423 g/mol. The van der Waals surface area contributed by atoms with E-state index in [0.717, 1.165) is 0 Å². The van der Waals surface area contributed by atoms with Crippen molar-refractivity contribution in [2.45, 2.75) is 24.3 Å². The monoisotopic (exact) mass is 422 g/mol. The van der Waals surface area contributed by atoms with Crippen LogP contribution < -0.4 is 4.74 Å². The molecule has 1 heterocycles. The van der Waals surface area contributed by atoms with Crippen LogP contribution in [0.2, 0.25) is 5.02 Å². The summed E-state index contributed by atoms with van der Waals surface area (Å²) in [6, 6.07) is 15.6. The number of carbonyl (C=O) groups is 1. The van der Waals surface area contributed by atoms with Crippen molar-refractivity contribution >= 4 is 27.5 Å². The van der Waals surface area contributed by atoms with Crippen LogP contribution >= 0.6 is 11.6 Å². The van der Waals surface area contributed by atoms with Gasteiger partial charge in [0.05, 0.1) is 5.02 Å². The number of hydrogen-bond donors (Lipinski definition) is 0. The molecule has 6 nitrogen and oxygen atoms in total. The lowest BCUT2D eigenvalue weighted by Gasteiger charge is -2.35. The summed E-state index contributed by atoms with van der Waals surface area (Å²) in [5.74, 6) is 0.517. The Morgan fingerprint density at radius 1 is 1.04 bits per heavy atom. The number of para-hydroxylation sites is 1. The van der Waals surface area contributed by atoms with Crippen molar-refractivity contribution in [2.75, 3.05) is 26.2 Å². The van der Waals surface area contributed by atoms with Gasteiger partial charge in [0.15, 0.2) is 6.10 Å². The van der Waals surface area contributed by atoms with E-state index in [1.54, 1.807) is 23.1 Å². The van der Waals surface area contributed by atoms with Gasteiger partial charge in [0.2, 0.25) is 10.0 Å². The summed E-state index contributed by atoms with van der Waals surface area (Å²) in [6.45, 7) is 2.97. The number of rotatable bonds is 6. The Morgan fingerprint density at radius 3 is 2.25 bits per heavy atom. The number of nitrogens with zero attached hydrogens (tertiary/aromatic N) is 2. The normalized spacial score (nSPS) is 16.6. The lowest BCUT2D eigenvalue weighted by atomic mass is 10.2. The summed E-state index contributed by atoms with van der Waals surface area (Å²) < 4.78 is 32.8. The van der Waals surface area contributed by atoms with Crippen LogP contribution in [0.25, 0.3) is 0 Å². The highest BCUT2D eigenvalue weighted by molar-refractivity contribution is 7.89. The number of piperazine rings is 1. The van der Waals surface area contributed by atoms with Crippen molar-refractivity contribution < 1.29 is 17.9 Å². The molecule has 1 amide bonds. The van der Waals surface area contributed by atoms with E-state index in [-0.39, 0.29) is 28.9 Å². The van der Waals surface area contributed by atoms with Crippen molar-refractivity contribution in [1.29, 1.82) is 0 Å². The number of sulfonamides is 1. The summed E-state index contributed by atoms with van der Waals surface area (Å²) in [5, 5.41) is 0.198. The molecule has 3 rings (SSSR count). The van der Waals surface area contributed by atoms with Crippen molar-refractivity contribution in [3.63, 3.8) is 0 Å². The molecule has 0 aromatic heterocycles. The zero-order valence-electron chi connectivity index (χ0n) is 15.6. The fraction of sp³-hybridized carbons (Fsp3) is 0.350. The third-order valence-corrected chi connectivity index (χ3v) is 7.07. The largest absolute Gasteiger partial charge is 0.481 e. The minimum atomic E-state index is -3.68. The average Bonchev–Trinajstić information content (AvgIpc) is 2.72. The number of ether oxygens (including phenoxy) is 1. The lowest BCUT2D eigenvalue weighted by Crippen LogP contribution is -2.53. The first kappa shape index (κ1) is 20.6. The molecule has 1 aliphatic heterocycles. The quantitative estimate of drug-likeness (QED) is 0.717. The number of halogens is 1. The zero-order valence-corrected chi connectivity index (χ0v) is 17.2. The topological polar surface area (TPSA) is 66.9 Å². The minimum absolute atomic E-state index is 0.0929. The fourth-order valence-electron chi connectivity index (χ4n) is 3.12. The standard InChI is InChI=1S/C20H23ClN2O4S/c1-2-18(27-16-8-4-3-5-9-16)20(24)22-12-14-23(15-13-22)28(25,26)19-11-7-6-10-17(19)21/h3-11,18H,2,12-15H2,1H3/t18-/m0/s1. The molecule has 1 saturated heterocycles. The Labute approximate surface area is 170 Å². The van der Waals surface area contributed by atoms with Crippen LogP contribution in [0.4, 0.5) is 0 Å². The summed E-state index contributed by atoms with van der Waals surface area (Å²) in [5.41, 5.74) is 0. The van der Waals surface area contributed by atoms with E-state index in [1.165, 1.54) is 10.4 Å². The maximum Gasteiger partial charge on any atom is 0.263 e. The van der Waals surface area contributed by atoms with Crippen LogP contribution in [-0.2, 0) is 14.8 Å². The highest BCUT2D eigenvalue weighted by Gasteiger charge is 2.33. The first-order valence-corrected chi connectivity index (χ1v) is 11.0. The molecule has 150 valence electrons. The Kier molecular flexibility index (Phi) is 6.59. The van der Waals surface area contributed by atoms with Gasteiger partial charge >= 0.3 is 0 Å². The van der Waals surface area contributed by atoms with E-state index in [4.69, 9.17) is 16.3 Å². The van der Waals surface area contributed by atoms with Crippen LogP contribution in [0.15, 0.2) is 59.5 Å². The highest BCUT2D eigenvalue weighted by atomic mass is 35.5. The van der Waals surface area contributed by atoms with Crippen molar-refractivity contribution in [1.82, 2.24) is 9.21 Å². The van der Waals surface area contributed by atoms with E-state index in [2.05, 4.69) is 0 Å². The Balaban J connectivity index is 1.64. The molecular weight excluding hydrogens is 400 g/mol. The minimum Gasteiger partial charge on any atom is -0.481 e. The number of benzene rings is 2. The predicted octanol–water partition coefficient (Wildman–Crippen LogP) is 3.03. The summed E-state index contributed by atoms with van der Waals surface area (Å²) in [6.07, 6.45) is -0.0552. The first-order chi connectivity index (χ1) is 13.4. The molecule has 0 N–H and O–H groups in total. The van der Waals surface area contributed by atoms with Gasteiger partial charge in [0, 0.05) is 26.2 Å². The van der Waals surface area contributed by atoms with Crippen LogP contribution in [-0.4, -0.2) is 55.8 Å². The molecule has 8 heteroatoms. The van der Waals surface area contributed by atoms with Gasteiger partial charge in [0.25, 0.3) is 5.91 Å². The van der Waals surface area contributed by atoms with Gasteiger partial charge in [0.1, 0.15) is 10.6 Å². The molecule has 0 unspecified atom stereocenters. The van der Waals surface area contributed by atoms with Crippen LogP contribution in [0, 0.1) is 0 Å². The molecule has 2 aromatic rings. The number of amides is 1. The molecule has 0 spiro atoms. The van der Waals surface area contributed by atoms with Gasteiger partial charge < -0.3 is 9.64 Å². The van der Waals surface area contributed by atoms with E-state index >= 15 is 0 Å². The molecule has 1 atom stereocenters. The predicted molar refractivity (Wildman–Crippen MR) is 108 cm³/mol. The van der Waals surface area contributed by atoms with Gasteiger partial charge in [-0.1, -0.05) is 48.9 Å². The molecule has 1 aliphatic rings. The third-order valence-electron chi connectivity index (χ3n) is 4.67. The second-order valence-corrected chi connectivity index (χ2v) is 8.80. The van der Waals surface area contributed by atoms with E-state index in [1.807, 2.05) is 37.3 Å². The van der Waals surface area contributed by atoms with Gasteiger partial charge in [-0.05, 0) is 30.7 Å². The van der Waals surface area contributed by atoms with Crippen LogP contribution in [0.5, 0.6) is 5.75 Å². The van der Waals surface area contributed by atoms with Gasteiger partial charge in [-0.15, -0.1) is 0 Å². The molecule has 0 saturated carbocycles. The van der Waals surface area contributed by atoms with Crippen molar-refractivity contribution in [2.24, 2.45) is 0 Å². The molecular formula is C20H23ClN2O4S. The molecule has 0 radical (unpaired) electrons. The van der Waals surface area contributed by atoms with Crippen LogP contribution in [0.3, 0.4) is 0 Å². The molecule has 2 aromatic carbocycles. The zero-order chi connectivity index (χ0) is 20.1. The molecule has 28 heavy (non-hydrogen) atoms. The van der Waals surface area contributed by atoms with Gasteiger partial charge in [-0.2, -0.15) is 4.31 Å². The van der Waals surface area contributed by atoms with Crippen LogP contribution in [0.1, 0.15) is 13.3 Å². The second-order valence-electron chi connectivity index (χ2n) is 6.49. The lowest BCUT2D eigenvalue weighted by molar-refractivity contribution is -0.140. The molecule has 0 aliphatic carbocycles. The Bertz CT molecular complexity index is 913. The first-order valence-electron chi connectivity index (χ1n) is 9.18. The van der Waals surface area contributed by atoms with Crippen molar-refractivity contribution in [3.8, 4) is 5.75 Å². The summed E-state index contributed by atoms with van der Waals surface area (Å²) in [7, 11) is -3.68. The number of hydrogen-bond acceptors (Lipinski definition) is 4. The van der Waals surface area contributed by atoms with E-state index in [0.29, 0.717) is 25.3 Å². The van der Waals surface area contributed by atoms with E-state index in [9.17, 15) is 13.2 Å². The van der Waals surface area contributed by atoms with E-state index < -0.39 is 16.1 Å². The highest BCUT2D eigenvalue weighted by Crippen LogP contribution is 2.25. The summed E-state index contributed by atoms with van der Waals surface area (Å²) in [4.78, 5) is 14.6. The SMILES string of the molecule is CC[C@H](Oc1ccccc1)C(=O)N1CCN(S(=O)(=O)c2ccccc2Cl)CC1. The maximum atomic E-state index is 12.8. The second kappa shape index (κ2) is 8.94. The Hall–Kier alpha value is -2.09. The Morgan fingerprint density at radius 2 is 1.64 bits per heavy atom. The smallest absolute Gasteiger partial charge is 0.263 e. The molecule has 0 bridgehead atoms. The fourth-order valence-corrected chi connectivity index (χ4v) is 5.03. The summed E-state index contributed by atoms with van der Waals surface area (Å²) >= 11 is 6.06. The number of carbonyl (C=O) groups excluding carboxylic acids is 1. The van der Waals surface area contributed by atoms with Gasteiger partial charge in [-0.25, -0.2) is 8.42 Å².